The Morgan fingerprint density at radius 2 is 1.81 bits per heavy atom. The van der Waals surface area contributed by atoms with Crippen LogP contribution >= 0.6 is 11.3 Å². The molecule has 164 valence electrons. The molecule has 8 heteroatoms. The number of piperidine rings is 1. The van der Waals surface area contributed by atoms with Crippen LogP contribution in [0, 0.1) is 0 Å². The number of fused-ring (bicyclic) bond motifs is 1. The number of carbonyl (C=O) groups is 1. The summed E-state index contributed by atoms with van der Waals surface area (Å²) in [6.07, 6.45) is 1.93. The Labute approximate surface area is 185 Å². The van der Waals surface area contributed by atoms with Crippen LogP contribution in [0.3, 0.4) is 0 Å². The van der Waals surface area contributed by atoms with E-state index in [9.17, 15) is 15.0 Å². The predicted molar refractivity (Wildman–Crippen MR) is 124 cm³/mol. The second-order valence-electron chi connectivity index (χ2n) is 9.63. The summed E-state index contributed by atoms with van der Waals surface area (Å²) in [5.41, 5.74) is 0.279. The van der Waals surface area contributed by atoms with E-state index in [4.69, 9.17) is 0 Å². The summed E-state index contributed by atoms with van der Waals surface area (Å²) in [5, 5.41) is 35.3. The van der Waals surface area contributed by atoms with Gasteiger partial charge >= 0.3 is 5.97 Å². The predicted octanol–water partition coefficient (Wildman–Crippen LogP) is 4.51. The first-order valence-electron chi connectivity index (χ1n) is 10.3. The van der Waals surface area contributed by atoms with E-state index in [1.807, 2.05) is 19.2 Å². The van der Waals surface area contributed by atoms with Gasteiger partial charge in [0.15, 0.2) is 5.01 Å². The fourth-order valence-corrected chi connectivity index (χ4v) is 5.78. The van der Waals surface area contributed by atoms with E-state index in [-0.39, 0.29) is 28.4 Å². The molecule has 1 aliphatic rings. The monoisotopic (exact) mass is 440 g/mol. The molecular weight excluding hydrogens is 412 g/mol. The molecule has 0 amide bonds. The first-order chi connectivity index (χ1) is 14.5. The first kappa shape index (κ1) is 21.5. The Hall–Kier alpha value is -2.71. The summed E-state index contributed by atoms with van der Waals surface area (Å²) in [5.74, 6) is -1.45. The summed E-state index contributed by atoms with van der Waals surface area (Å²) >= 11 is 1.36. The van der Waals surface area contributed by atoms with Gasteiger partial charge in [0.05, 0.1) is 5.56 Å². The van der Waals surface area contributed by atoms with E-state index < -0.39 is 5.97 Å². The third-order valence-electron chi connectivity index (χ3n) is 5.90. The molecule has 0 aliphatic carbocycles. The van der Waals surface area contributed by atoms with Gasteiger partial charge in [-0.15, -0.1) is 10.2 Å². The fourth-order valence-electron chi connectivity index (χ4n) is 4.88. The lowest BCUT2D eigenvalue weighted by Gasteiger charge is -2.48. The quantitative estimate of drug-likeness (QED) is 0.549. The summed E-state index contributed by atoms with van der Waals surface area (Å²) in [6.45, 7) is 8.84. The zero-order valence-electron chi connectivity index (χ0n) is 18.4. The molecular formula is C23H28N4O3S. The van der Waals surface area contributed by atoms with Crippen molar-refractivity contribution in [3.8, 4) is 16.3 Å². The van der Waals surface area contributed by atoms with Crippen LogP contribution in [0.25, 0.3) is 21.3 Å². The minimum Gasteiger partial charge on any atom is -0.506 e. The van der Waals surface area contributed by atoms with Crippen LogP contribution in [-0.4, -0.2) is 50.5 Å². The second-order valence-corrected chi connectivity index (χ2v) is 10.6. The van der Waals surface area contributed by atoms with Crippen molar-refractivity contribution in [1.82, 2.24) is 15.5 Å². The van der Waals surface area contributed by atoms with Crippen LogP contribution in [0.5, 0.6) is 5.75 Å². The lowest BCUT2D eigenvalue weighted by atomic mass is 9.79. The van der Waals surface area contributed by atoms with Gasteiger partial charge in [0.25, 0.3) is 0 Å². The van der Waals surface area contributed by atoms with Crippen molar-refractivity contribution in [2.75, 3.05) is 11.9 Å². The van der Waals surface area contributed by atoms with E-state index in [1.165, 1.54) is 11.3 Å². The van der Waals surface area contributed by atoms with Crippen molar-refractivity contribution in [3.05, 3.63) is 35.9 Å². The third kappa shape index (κ3) is 4.09. The van der Waals surface area contributed by atoms with E-state index in [0.717, 1.165) is 23.4 Å². The molecule has 3 aromatic rings. The highest BCUT2D eigenvalue weighted by Crippen LogP contribution is 2.41. The maximum atomic E-state index is 11.9. The Kier molecular flexibility index (Phi) is 5.18. The molecule has 1 aliphatic heterocycles. The number of nitrogens with zero attached hydrogens (tertiary/aromatic N) is 3. The smallest absolute Gasteiger partial charge is 0.340 e. The topological polar surface area (TPSA) is 98.6 Å². The lowest BCUT2D eigenvalue weighted by molar-refractivity contribution is 0.0696. The average molecular weight is 441 g/mol. The summed E-state index contributed by atoms with van der Waals surface area (Å²) in [4.78, 5) is 14.0. The number of hydrogen-bond acceptors (Lipinski definition) is 7. The molecule has 1 fully saturated rings. The van der Waals surface area contributed by atoms with Gasteiger partial charge in [0.2, 0.25) is 5.13 Å². The Bertz CT molecular complexity index is 1140. The molecule has 1 aromatic heterocycles. The second kappa shape index (κ2) is 7.46. The fraction of sp³-hybridized carbons (Fsp3) is 0.435. The third-order valence-corrected chi connectivity index (χ3v) is 6.95. The van der Waals surface area contributed by atoms with E-state index in [0.29, 0.717) is 16.0 Å². The highest BCUT2D eigenvalue weighted by Gasteiger charge is 2.40. The first-order valence-corrected chi connectivity index (χ1v) is 11.1. The molecule has 4 rings (SSSR count). The largest absolute Gasteiger partial charge is 0.506 e. The van der Waals surface area contributed by atoms with Gasteiger partial charge in [-0.05, 0) is 57.4 Å². The normalized spacial score (nSPS) is 18.2. The zero-order valence-corrected chi connectivity index (χ0v) is 19.2. The highest BCUT2D eigenvalue weighted by molar-refractivity contribution is 7.18. The summed E-state index contributed by atoms with van der Waals surface area (Å²) in [6, 6.07) is 9.19. The number of aromatic nitrogens is 2. The number of phenols is 1. The van der Waals surface area contributed by atoms with Crippen LogP contribution < -0.4 is 10.2 Å². The van der Waals surface area contributed by atoms with Gasteiger partial charge in [-0.25, -0.2) is 4.79 Å². The number of carboxylic acids is 1. The number of rotatable bonds is 4. The molecule has 0 spiro atoms. The van der Waals surface area contributed by atoms with Crippen molar-refractivity contribution in [2.24, 2.45) is 0 Å². The molecule has 0 unspecified atom stereocenters. The molecule has 0 bridgehead atoms. The summed E-state index contributed by atoms with van der Waals surface area (Å²) < 4.78 is 0. The van der Waals surface area contributed by atoms with Gasteiger partial charge in [-0.1, -0.05) is 35.6 Å². The van der Waals surface area contributed by atoms with Crippen molar-refractivity contribution < 1.29 is 15.0 Å². The number of carboxylic acid groups (broad SMARTS) is 1. The molecule has 2 aromatic carbocycles. The Morgan fingerprint density at radius 1 is 1.16 bits per heavy atom. The van der Waals surface area contributed by atoms with Gasteiger partial charge in [-0.2, -0.15) is 0 Å². The molecule has 0 saturated carbocycles. The van der Waals surface area contributed by atoms with Crippen molar-refractivity contribution >= 4 is 33.2 Å². The van der Waals surface area contributed by atoms with Gasteiger partial charge in [0, 0.05) is 24.2 Å². The number of aromatic carboxylic acids is 1. The highest BCUT2D eigenvalue weighted by atomic mass is 32.1. The van der Waals surface area contributed by atoms with Crippen molar-refractivity contribution in [1.29, 1.82) is 0 Å². The van der Waals surface area contributed by atoms with Crippen molar-refractivity contribution in [3.63, 3.8) is 0 Å². The Morgan fingerprint density at radius 3 is 2.45 bits per heavy atom. The molecule has 7 nitrogen and oxygen atoms in total. The minimum absolute atomic E-state index is 0.00119. The van der Waals surface area contributed by atoms with Gasteiger partial charge in [-0.3, -0.25) is 0 Å². The maximum absolute atomic E-state index is 11.9. The number of benzene rings is 2. The molecule has 3 N–H and O–H groups in total. The van der Waals surface area contributed by atoms with Crippen LogP contribution in [0.15, 0.2) is 30.3 Å². The maximum Gasteiger partial charge on any atom is 0.340 e. The van der Waals surface area contributed by atoms with Gasteiger partial charge < -0.3 is 20.4 Å². The SMILES string of the molecule is CN(c1nnc(-c2cc3ccccc3c(C(=O)O)c2O)s1)C1CC(C)(C)NC(C)(C)C1. The van der Waals surface area contributed by atoms with E-state index in [1.54, 1.807) is 18.2 Å². The van der Waals surface area contributed by atoms with Crippen LogP contribution in [0.1, 0.15) is 50.9 Å². The summed E-state index contributed by atoms with van der Waals surface area (Å²) in [7, 11) is 2.02. The lowest BCUT2D eigenvalue weighted by Crippen LogP contribution is -2.61. The Balaban J connectivity index is 1.72. The van der Waals surface area contributed by atoms with E-state index in [2.05, 4.69) is 48.1 Å². The molecule has 1 saturated heterocycles. The minimum atomic E-state index is -1.17. The number of hydrogen-bond donors (Lipinski definition) is 3. The molecule has 2 heterocycles. The van der Waals surface area contributed by atoms with Gasteiger partial charge in [0.1, 0.15) is 11.3 Å². The zero-order chi connectivity index (χ0) is 22.6. The van der Waals surface area contributed by atoms with Crippen LogP contribution in [0.2, 0.25) is 0 Å². The number of anilines is 1. The van der Waals surface area contributed by atoms with E-state index >= 15 is 0 Å². The standard InChI is InChI=1S/C23H28N4O3S/c1-22(2)11-14(12-23(3,4)26-22)27(5)21-25-24-19(31-21)16-10-13-8-6-7-9-15(13)17(18(16)28)20(29)30/h6-10,14,26,28H,11-12H2,1-5H3,(H,29,30). The average Bonchev–Trinajstić information content (AvgIpc) is 3.14. The van der Waals surface area contributed by atoms with Crippen molar-refractivity contribution in [2.45, 2.75) is 57.7 Å². The van der Waals surface area contributed by atoms with Crippen LogP contribution in [-0.2, 0) is 0 Å². The molecule has 0 atom stereocenters. The molecule has 0 radical (unpaired) electrons. The number of nitrogens with one attached hydrogen (secondary N) is 1. The number of aromatic hydroxyl groups is 1. The molecule has 31 heavy (non-hydrogen) atoms. The van der Waals surface area contributed by atoms with Crippen LogP contribution in [0.4, 0.5) is 5.13 Å².